The molecule has 4 heteroatoms. The lowest BCUT2D eigenvalue weighted by atomic mass is 9.64. The van der Waals surface area contributed by atoms with Crippen LogP contribution in [0, 0.1) is 0 Å². The van der Waals surface area contributed by atoms with Gasteiger partial charge in [0, 0.05) is 10.4 Å². The molecule has 3 nitrogen and oxygen atoms in total. The molecule has 1 aliphatic carbocycles. The van der Waals surface area contributed by atoms with Crippen molar-refractivity contribution in [2.45, 2.75) is 31.2 Å². The molecule has 88 valence electrons. The van der Waals surface area contributed by atoms with Gasteiger partial charge in [-0.3, -0.25) is 4.68 Å². The molecule has 17 heavy (non-hydrogen) atoms. The van der Waals surface area contributed by atoms with Gasteiger partial charge in [-0.15, -0.1) is 0 Å². The van der Waals surface area contributed by atoms with Crippen LogP contribution in [0.4, 0.5) is 0 Å². The van der Waals surface area contributed by atoms with Crippen LogP contribution in [0.3, 0.4) is 0 Å². The maximum atomic E-state index is 5.94. The SMILES string of the molecule is Clc1ccc(C2(Cn3cncn3)CCC2)cc1. The average molecular weight is 248 g/mol. The van der Waals surface area contributed by atoms with Crippen LogP contribution < -0.4 is 0 Å². The van der Waals surface area contributed by atoms with Gasteiger partial charge >= 0.3 is 0 Å². The summed E-state index contributed by atoms with van der Waals surface area (Å²) in [6, 6.07) is 8.22. The Bertz CT molecular complexity index is 486. The van der Waals surface area contributed by atoms with Crippen molar-refractivity contribution in [1.29, 1.82) is 0 Å². The van der Waals surface area contributed by atoms with E-state index in [9.17, 15) is 0 Å². The first kappa shape index (κ1) is 10.8. The van der Waals surface area contributed by atoms with Crippen molar-refractivity contribution < 1.29 is 0 Å². The summed E-state index contributed by atoms with van der Waals surface area (Å²) in [5.41, 5.74) is 1.60. The van der Waals surface area contributed by atoms with E-state index in [0.29, 0.717) is 0 Å². The number of hydrogen-bond donors (Lipinski definition) is 0. The third kappa shape index (κ3) is 1.95. The summed E-state index contributed by atoms with van der Waals surface area (Å²) in [6.45, 7) is 0.911. The molecule has 0 amide bonds. The van der Waals surface area contributed by atoms with E-state index < -0.39 is 0 Å². The van der Waals surface area contributed by atoms with Gasteiger partial charge in [-0.1, -0.05) is 30.2 Å². The number of hydrogen-bond acceptors (Lipinski definition) is 2. The smallest absolute Gasteiger partial charge is 0.137 e. The molecule has 0 bridgehead atoms. The summed E-state index contributed by atoms with van der Waals surface area (Å²) in [7, 11) is 0. The van der Waals surface area contributed by atoms with E-state index in [4.69, 9.17) is 11.6 Å². The highest BCUT2D eigenvalue weighted by Crippen LogP contribution is 2.45. The molecule has 1 aromatic carbocycles. The number of benzene rings is 1. The van der Waals surface area contributed by atoms with Crippen molar-refractivity contribution in [1.82, 2.24) is 14.8 Å². The van der Waals surface area contributed by atoms with Crippen molar-refractivity contribution in [3.63, 3.8) is 0 Å². The van der Waals surface area contributed by atoms with Crippen LogP contribution in [0.1, 0.15) is 24.8 Å². The molecule has 1 heterocycles. The fourth-order valence-electron chi connectivity index (χ4n) is 2.57. The predicted octanol–water partition coefficient (Wildman–Crippen LogP) is 3.05. The summed E-state index contributed by atoms with van der Waals surface area (Å²) < 4.78 is 1.92. The first-order chi connectivity index (χ1) is 8.28. The molecule has 0 radical (unpaired) electrons. The molecule has 1 fully saturated rings. The molecule has 0 atom stereocenters. The summed E-state index contributed by atoms with van der Waals surface area (Å²) in [6.07, 6.45) is 7.10. The second-order valence-corrected chi connectivity index (χ2v) is 5.17. The van der Waals surface area contributed by atoms with E-state index in [1.807, 2.05) is 16.8 Å². The van der Waals surface area contributed by atoms with Gasteiger partial charge in [0.25, 0.3) is 0 Å². The molecule has 0 aliphatic heterocycles. The normalized spacial score (nSPS) is 17.7. The van der Waals surface area contributed by atoms with E-state index in [2.05, 4.69) is 22.2 Å². The van der Waals surface area contributed by atoms with E-state index in [0.717, 1.165) is 11.6 Å². The molecule has 1 aromatic heterocycles. The van der Waals surface area contributed by atoms with Crippen molar-refractivity contribution in [3.8, 4) is 0 Å². The Morgan fingerprint density at radius 3 is 2.53 bits per heavy atom. The maximum absolute atomic E-state index is 5.94. The summed E-state index contributed by atoms with van der Waals surface area (Å²) in [4.78, 5) is 4.00. The van der Waals surface area contributed by atoms with Gasteiger partial charge in [-0.2, -0.15) is 5.10 Å². The Morgan fingerprint density at radius 2 is 2.00 bits per heavy atom. The molecule has 2 aromatic rings. The first-order valence-corrected chi connectivity index (χ1v) is 6.25. The van der Waals surface area contributed by atoms with E-state index >= 15 is 0 Å². The van der Waals surface area contributed by atoms with Gasteiger partial charge < -0.3 is 0 Å². The highest BCUT2D eigenvalue weighted by Gasteiger charge is 2.39. The Morgan fingerprint density at radius 1 is 1.24 bits per heavy atom. The standard InChI is InChI=1S/C13H14ClN3/c14-12-4-2-11(3-5-12)13(6-1-7-13)8-17-10-15-9-16-17/h2-5,9-10H,1,6-8H2. The topological polar surface area (TPSA) is 30.7 Å². The van der Waals surface area contributed by atoms with Crippen LogP contribution >= 0.6 is 11.6 Å². The number of halogens is 1. The minimum absolute atomic E-state index is 0.234. The minimum Gasteiger partial charge on any atom is -0.252 e. The molecule has 0 spiro atoms. The molecule has 0 saturated heterocycles. The minimum atomic E-state index is 0.234. The lowest BCUT2D eigenvalue weighted by Gasteiger charge is -2.42. The second kappa shape index (κ2) is 4.15. The number of aromatic nitrogens is 3. The van der Waals surface area contributed by atoms with Gasteiger partial charge in [0.1, 0.15) is 12.7 Å². The van der Waals surface area contributed by atoms with Gasteiger partial charge in [0.2, 0.25) is 0 Å². The molecule has 0 N–H and O–H groups in total. The molecule has 0 unspecified atom stereocenters. The van der Waals surface area contributed by atoms with Crippen molar-refractivity contribution >= 4 is 11.6 Å². The molecule has 3 rings (SSSR count). The molecular weight excluding hydrogens is 234 g/mol. The van der Waals surface area contributed by atoms with Crippen LogP contribution in [0.2, 0.25) is 5.02 Å². The Labute approximate surface area is 105 Å². The van der Waals surface area contributed by atoms with Gasteiger partial charge in [0.15, 0.2) is 0 Å². The van der Waals surface area contributed by atoms with Crippen LogP contribution in [0.25, 0.3) is 0 Å². The summed E-state index contributed by atoms with van der Waals surface area (Å²) in [5.74, 6) is 0. The fraction of sp³-hybridized carbons (Fsp3) is 0.385. The highest BCUT2D eigenvalue weighted by atomic mass is 35.5. The van der Waals surface area contributed by atoms with Crippen molar-refractivity contribution in [3.05, 3.63) is 47.5 Å². The first-order valence-electron chi connectivity index (χ1n) is 5.87. The van der Waals surface area contributed by atoms with Crippen molar-refractivity contribution in [2.24, 2.45) is 0 Å². The zero-order valence-electron chi connectivity index (χ0n) is 9.51. The second-order valence-electron chi connectivity index (χ2n) is 4.73. The van der Waals surface area contributed by atoms with E-state index in [1.54, 1.807) is 12.7 Å². The monoisotopic (exact) mass is 247 g/mol. The lowest BCUT2D eigenvalue weighted by Crippen LogP contribution is -2.38. The third-order valence-electron chi connectivity index (χ3n) is 3.70. The summed E-state index contributed by atoms with van der Waals surface area (Å²) >= 11 is 5.94. The van der Waals surface area contributed by atoms with Crippen LogP contribution in [0.15, 0.2) is 36.9 Å². The van der Waals surface area contributed by atoms with Gasteiger partial charge in [0.05, 0.1) is 6.54 Å². The van der Waals surface area contributed by atoms with Crippen molar-refractivity contribution in [2.75, 3.05) is 0 Å². The largest absolute Gasteiger partial charge is 0.252 e. The highest BCUT2D eigenvalue weighted by molar-refractivity contribution is 6.30. The van der Waals surface area contributed by atoms with Gasteiger partial charge in [-0.25, -0.2) is 4.98 Å². The average Bonchev–Trinajstić information content (AvgIpc) is 2.77. The van der Waals surface area contributed by atoms with E-state index in [1.165, 1.54) is 24.8 Å². The lowest BCUT2D eigenvalue weighted by molar-refractivity contribution is 0.201. The van der Waals surface area contributed by atoms with Crippen LogP contribution in [0.5, 0.6) is 0 Å². The fourth-order valence-corrected chi connectivity index (χ4v) is 2.70. The van der Waals surface area contributed by atoms with E-state index in [-0.39, 0.29) is 5.41 Å². The number of nitrogens with zero attached hydrogens (tertiary/aromatic N) is 3. The third-order valence-corrected chi connectivity index (χ3v) is 3.95. The summed E-state index contributed by atoms with van der Waals surface area (Å²) in [5, 5.41) is 5.00. The molecule has 1 saturated carbocycles. The Balaban J connectivity index is 1.89. The quantitative estimate of drug-likeness (QED) is 0.835. The Kier molecular flexibility index (Phi) is 2.63. The van der Waals surface area contributed by atoms with Crippen LogP contribution in [-0.2, 0) is 12.0 Å². The zero-order chi connectivity index (χ0) is 11.7. The van der Waals surface area contributed by atoms with Crippen LogP contribution in [-0.4, -0.2) is 14.8 Å². The molecular formula is C13H14ClN3. The van der Waals surface area contributed by atoms with Gasteiger partial charge in [-0.05, 0) is 30.5 Å². The molecule has 1 aliphatic rings. The predicted molar refractivity (Wildman–Crippen MR) is 67.0 cm³/mol. The zero-order valence-corrected chi connectivity index (χ0v) is 10.3. The Hall–Kier alpha value is -1.35. The number of rotatable bonds is 3. The maximum Gasteiger partial charge on any atom is 0.137 e.